The van der Waals surface area contributed by atoms with E-state index in [1.165, 1.54) is 27.4 Å². The highest BCUT2D eigenvalue weighted by atomic mass is 32.1. The number of nitrogens with zero attached hydrogens (tertiary/aromatic N) is 1. The van der Waals surface area contributed by atoms with Crippen LogP contribution in [0.5, 0.6) is 0 Å². The number of aromatic nitrogens is 1. The van der Waals surface area contributed by atoms with Crippen LogP contribution in [-0.2, 0) is 13.1 Å². The van der Waals surface area contributed by atoms with Crippen LogP contribution in [0, 0.1) is 6.92 Å². The first-order valence-electron chi connectivity index (χ1n) is 9.30. The zero-order chi connectivity index (χ0) is 19.2. The van der Waals surface area contributed by atoms with Crippen LogP contribution in [0.1, 0.15) is 40.3 Å². The molecular weight excluding hydrogens is 374 g/mol. The maximum atomic E-state index is 12.7. The van der Waals surface area contributed by atoms with Crippen LogP contribution < -0.4 is 10.2 Å². The second-order valence-corrected chi connectivity index (χ2v) is 8.31. The predicted octanol–water partition coefficient (Wildman–Crippen LogP) is 3.53. The van der Waals surface area contributed by atoms with Crippen molar-refractivity contribution in [1.29, 1.82) is 0 Å². The Balaban J connectivity index is 1.70. The SMILES string of the molecule is CC[NH+](CC)Cc1ccccc1CNC(=O)c1sc(-c2ccsc2)nc1C. The molecule has 142 valence electrons. The fourth-order valence-corrected chi connectivity index (χ4v) is 4.74. The van der Waals surface area contributed by atoms with E-state index in [9.17, 15) is 4.79 Å². The summed E-state index contributed by atoms with van der Waals surface area (Å²) in [6.45, 7) is 10.0. The normalized spacial score (nSPS) is 11.1. The third-order valence-corrected chi connectivity index (χ3v) is 6.66. The van der Waals surface area contributed by atoms with E-state index >= 15 is 0 Å². The molecule has 0 spiro atoms. The molecule has 0 aliphatic carbocycles. The van der Waals surface area contributed by atoms with Crippen LogP contribution in [0.3, 0.4) is 0 Å². The summed E-state index contributed by atoms with van der Waals surface area (Å²) in [5.41, 5.74) is 4.36. The third kappa shape index (κ3) is 4.83. The van der Waals surface area contributed by atoms with Crippen molar-refractivity contribution in [3.8, 4) is 10.6 Å². The van der Waals surface area contributed by atoms with E-state index in [0.717, 1.165) is 35.9 Å². The molecule has 3 aromatic rings. The van der Waals surface area contributed by atoms with Crippen molar-refractivity contribution in [2.45, 2.75) is 33.9 Å². The second-order valence-electron chi connectivity index (χ2n) is 6.53. The van der Waals surface area contributed by atoms with E-state index in [-0.39, 0.29) is 5.91 Å². The molecule has 6 heteroatoms. The van der Waals surface area contributed by atoms with Crippen molar-refractivity contribution in [1.82, 2.24) is 10.3 Å². The summed E-state index contributed by atoms with van der Waals surface area (Å²) in [6, 6.07) is 10.4. The Bertz CT molecular complexity index is 883. The van der Waals surface area contributed by atoms with Crippen molar-refractivity contribution in [3.63, 3.8) is 0 Å². The van der Waals surface area contributed by atoms with E-state index in [1.807, 2.05) is 24.4 Å². The summed E-state index contributed by atoms with van der Waals surface area (Å²) in [5, 5.41) is 8.09. The van der Waals surface area contributed by atoms with E-state index in [4.69, 9.17) is 0 Å². The summed E-state index contributed by atoms with van der Waals surface area (Å²) in [6.07, 6.45) is 0. The third-order valence-electron chi connectivity index (χ3n) is 4.77. The number of benzene rings is 1. The summed E-state index contributed by atoms with van der Waals surface area (Å²) < 4.78 is 0. The van der Waals surface area contributed by atoms with Crippen molar-refractivity contribution in [2.75, 3.05) is 13.1 Å². The Morgan fingerprint density at radius 2 is 1.89 bits per heavy atom. The number of thiophene rings is 1. The van der Waals surface area contributed by atoms with E-state index in [2.05, 4.69) is 47.7 Å². The quantitative estimate of drug-likeness (QED) is 0.608. The summed E-state index contributed by atoms with van der Waals surface area (Å²) in [4.78, 5) is 19.5. The van der Waals surface area contributed by atoms with Crippen molar-refractivity contribution in [3.05, 3.63) is 62.8 Å². The predicted molar refractivity (Wildman–Crippen MR) is 114 cm³/mol. The number of carbonyl (C=O) groups is 1. The molecule has 2 heterocycles. The monoisotopic (exact) mass is 400 g/mol. The van der Waals surface area contributed by atoms with Gasteiger partial charge in [-0.1, -0.05) is 24.3 Å². The zero-order valence-electron chi connectivity index (χ0n) is 16.0. The number of quaternary nitrogens is 1. The Kier molecular flexibility index (Phi) is 6.77. The van der Waals surface area contributed by atoms with Gasteiger partial charge in [-0.15, -0.1) is 11.3 Å². The van der Waals surface area contributed by atoms with Gasteiger partial charge in [0.2, 0.25) is 0 Å². The lowest BCUT2D eigenvalue weighted by Crippen LogP contribution is -3.10. The Morgan fingerprint density at radius 1 is 1.15 bits per heavy atom. The fraction of sp³-hybridized carbons (Fsp3) is 0.333. The Labute approximate surface area is 168 Å². The first-order chi connectivity index (χ1) is 13.1. The second kappa shape index (κ2) is 9.26. The molecule has 0 saturated heterocycles. The van der Waals surface area contributed by atoms with Gasteiger partial charge < -0.3 is 10.2 Å². The van der Waals surface area contributed by atoms with Gasteiger partial charge in [0, 0.05) is 23.1 Å². The van der Waals surface area contributed by atoms with Crippen molar-refractivity contribution >= 4 is 28.6 Å². The molecule has 4 nitrogen and oxygen atoms in total. The molecule has 0 radical (unpaired) electrons. The van der Waals surface area contributed by atoms with Crippen LogP contribution in [0.2, 0.25) is 0 Å². The number of carbonyl (C=O) groups excluding carboxylic acids is 1. The molecule has 3 rings (SSSR count). The van der Waals surface area contributed by atoms with E-state index in [1.54, 1.807) is 11.3 Å². The molecule has 0 atom stereocenters. The molecule has 0 saturated carbocycles. The van der Waals surface area contributed by atoms with Crippen LogP contribution in [0.25, 0.3) is 10.6 Å². The Hall–Kier alpha value is -2.02. The standard InChI is InChI=1S/C21H25N3OS2/c1-4-24(5-2)13-17-9-7-6-8-16(17)12-22-20(25)19-15(3)23-21(27-19)18-10-11-26-14-18/h6-11,14H,4-5,12-13H2,1-3H3,(H,22,25)/p+1. The molecule has 2 N–H and O–H groups in total. The highest BCUT2D eigenvalue weighted by Gasteiger charge is 2.17. The van der Waals surface area contributed by atoms with Crippen LogP contribution in [0.15, 0.2) is 41.1 Å². The van der Waals surface area contributed by atoms with Crippen molar-refractivity contribution in [2.24, 2.45) is 0 Å². The maximum Gasteiger partial charge on any atom is 0.263 e. The molecule has 27 heavy (non-hydrogen) atoms. The molecule has 0 aliphatic heterocycles. The van der Waals surface area contributed by atoms with E-state index in [0.29, 0.717) is 11.4 Å². The van der Waals surface area contributed by atoms with Gasteiger partial charge in [-0.25, -0.2) is 4.98 Å². The lowest BCUT2D eigenvalue weighted by molar-refractivity contribution is -0.910. The number of rotatable bonds is 8. The first-order valence-corrected chi connectivity index (χ1v) is 11.1. The lowest BCUT2D eigenvalue weighted by Gasteiger charge is -2.17. The zero-order valence-corrected chi connectivity index (χ0v) is 17.7. The summed E-state index contributed by atoms with van der Waals surface area (Å²) >= 11 is 3.10. The van der Waals surface area contributed by atoms with Gasteiger partial charge in [0.25, 0.3) is 5.91 Å². The van der Waals surface area contributed by atoms with E-state index < -0.39 is 0 Å². The minimum Gasteiger partial charge on any atom is -0.347 e. The molecule has 2 aromatic heterocycles. The number of hydrogen-bond acceptors (Lipinski definition) is 4. The number of nitrogens with one attached hydrogen (secondary N) is 2. The number of thiazole rings is 1. The fourth-order valence-electron chi connectivity index (χ4n) is 3.04. The molecule has 0 bridgehead atoms. The molecule has 1 amide bonds. The van der Waals surface area contributed by atoms with Crippen molar-refractivity contribution < 1.29 is 9.69 Å². The number of aryl methyl sites for hydroxylation is 1. The minimum absolute atomic E-state index is 0.0449. The van der Waals surface area contributed by atoms with Gasteiger partial charge in [-0.05, 0) is 37.8 Å². The van der Waals surface area contributed by atoms with Gasteiger partial charge in [-0.3, -0.25) is 4.79 Å². The Morgan fingerprint density at radius 3 is 2.56 bits per heavy atom. The van der Waals surface area contributed by atoms with Gasteiger partial charge in [0.05, 0.1) is 18.8 Å². The molecule has 0 aliphatic rings. The molecule has 1 aromatic carbocycles. The summed E-state index contributed by atoms with van der Waals surface area (Å²) in [7, 11) is 0. The van der Waals surface area contributed by atoms with Gasteiger partial charge in [0.15, 0.2) is 0 Å². The molecule has 0 unspecified atom stereocenters. The van der Waals surface area contributed by atoms with Gasteiger partial charge in [-0.2, -0.15) is 11.3 Å². The largest absolute Gasteiger partial charge is 0.347 e. The summed E-state index contributed by atoms with van der Waals surface area (Å²) in [5.74, 6) is -0.0449. The first kappa shape index (κ1) is 19.7. The average molecular weight is 401 g/mol. The number of amides is 1. The topological polar surface area (TPSA) is 46.4 Å². The highest BCUT2D eigenvalue weighted by Crippen LogP contribution is 2.29. The minimum atomic E-state index is -0.0449. The lowest BCUT2D eigenvalue weighted by atomic mass is 10.1. The van der Waals surface area contributed by atoms with Gasteiger partial charge in [0.1, 0.15) is 16.4 Å². The smallest absolute Gasteiger partial charge is 0.263 e. The van der Waals surface area contributed by atoms with Gasteiger partial charge >= 0.3 is 0 Å². The van der Waals surface area contributed by atoms with Crippen LogP contribution in [0.4, 0.5) is 0 Å². The maximum absolute atomic E-state index is 12.7. The highest BCUT2D eigenvalue weighted by molar-refractivity contribution is 7.17. The number of hydrogen-bond donors (Lipinski definition) is 2. The molecule has 0 fully saturated rings. The average Bonchev–Trinajstić information content (AvgIpc) is 3.34. The van der Waals surface area contributed by atoms with Crippen LogP contribution in [-0.4, -0.2) is 24.0 Å². The van der Waals surface area contributed by atoms with Crippen LogP contribution >= 0.6 is 22.7 Å². The molecular formula is C21H26N3OS2+.